The van der Waals surface area contributed by atoms with Crippen LogP contribution in [0.2, 0.25) is 0 Å². The van der Waals surface area contributed by atoms with Crippen molar-refractivity contribution in [3.8, 4) is 16.3 Å². The van der Waals surface area contributed by atoms with Crippen LogP contribution in [0.15, 0.2) is 102 Å². The summed E-state index contributed by atoms with van der Waals surface area (Å²) in [7, 11) is -2.47. The summed E-state index contributed by atoms with van der Waals surface area (Å²) in [4.78, 5) is 13.5. The highest BCUT2D eigenvalue weighted by molar-refractivity contribution is 7.89. The van der Waals surface area contributed by atoms with Gasteiger partial charge in [-0.05, 0) is 35.6 Å². The van der Waals surface area contributed by atoms with Gasteiger partial charge in [0.2, 0.25) is 21.1 Å². The largest absolute Gasteiger partial charge is 0.497 e. The number of hydrogen-bond donors (Lipinski definition) is 2. The van der Waals surface area contributed by atoms with E-state index >= 15 is 0 Å². The van der Waals surface area contributed by atoms with Gasteiger partial charge >= 0.3 is 0 Å². The lowest BCUT2D eigenvalue weighted by atomic mass is 10.1. The minimum atomic E-state index is -4.05. The molecule has 38 heavy (non-hydrogen) atoms. The number of rotatable bonds is 9. The summed E-state index contributed by atoms with van der Waals surface area (Å²) < 4.78 is 34.9. The van der Waals surface area contributed by atoms with E-state index in [0.29, 0.717) is 16.1 Å². The Morgan fingerprint density at radius 1 is 0.921 bits per heavy atom. The molecule has 8 nitrogen and oxygen atoms in total. The van der Waals surface area contributed by atoms with Gasteiger partial charge in [0.15, 0.2) is 0 Å². The van der Waals surface area contributed by atoms with Crippen molar-refractivity contribution in [1.29, 1.82) is 0 Å². The molecule has 0 radical (unpaired) electrons. The maximum absolute atomic E-state index is 13.5. The predicted octanol–water partition coefficient (Wildman–Crippen LogP) is 4.90. The van der Waals surface area contributed by atoms with Gasteiger partial charge < -0.3 is 4.74 Å². The second kappa shape index (κ2) is 11.1. The molecule has 0 aliphatic carbocycles. The Bertz CT molecular complexity index is 1680. The number of methoxy groups -OCH3 is 1. The summed E-state index contributed by atoms with van der Waals surface area (Å²) in [6.07, 6.45) is 0.151. The van der Waals surface area contributed by atoms with Crippen molar-refractivity contribution in [3.05, 3.63) is 103 Å². The lowest BCUT2D eigenvalue weighted by molar-refractivity contribution is -0.117. The Hall–Kier alpha value is -4.12. The average molecular weight is 545 g/mol. The summed E-state index contributed by atoms with van der Waals surface area (Å²) in [5, 5.41) is 13.2. The molecule has 192 valence electrons. The zero-order chi connectivity index (χ0) is 26.5. The van der Waals surface area contributed by atoms with Crippen LogP contribution in [0.25, 0.3) is 21.3 Å². The highest BCUT2D eigenvalue weighted by Crippen LogP contribution is 2.29. The molecule has 0 bridgehead atoms. The molecule has 1 heterocycles. The molecule has 5 rings (SSSR count). The fourth-order valence-corrected chi connectivity index (χ4v) is 6.23. The van der Waals surface area contributed by atoms with E-state index in [0.717, 1.165) is 16.5 Å². The van der Waals surface area contributed by atoms with Crippen molar-refractivity contribution < 1.29 is 17.9 Å². The topological polar surface area (TPSA) is 110 Å². The minimum absolute atomic E-state index is 0.109. The van der Waals surface area contributed by atoms with Crippen LogP contribution in [-0.2, 0) is 21.2 Å². The summed E-state index contributed by atoms with van der Waals surface area (Å²) in [5.74, 6) is 0.139. The van der Waals surface area contributed by atoms with E-state index in [4.69, 9.17) is 4.74 Å². The van der Waals surface area contributed by atoms with Crippen LogP contribution in [-0.4, -0.2) is 37.7 Å². The van der Waals surface area contributed by atoms with E-state index in [1.807, 2.05) is 72.8 Å². The van der Waals surface area contributed by atoms with Crippen molar-refractivity contribution in [3.63, 3.8) is 0 Å². The number of aromatic nitrogens is 2. The smallest absolute Gasteiger partial charge is 0.244 e. The van der Waals surface area contributed by atoms with Crippen molar-refractivity contribution >= 4 is 43.2 Å². The number of nitrogens with one attached hydrogen (secondary N) is 2. The number of amides is 1. The molecule has 5 aromatic rings. The molecule has 0 saturated carbocycles. The van der Waals surface area contributed by atoms with Gasteiger partial charge in [-0.1, -0.05) is 90.2 Å². The lowest BCUT2D eigenvalue weighted by Crippen LogP contribution is -2.45. The molecule has 0 aliphatic heterocycles. The summed E-state index contributed by atoms with van der Waals surface area (Å²) >= 11 is 1.19. The average Bonchev–Trinajstić information content (AvgIpc) is 3.41. The summed E-state index contributed by atoms with van der Waals surface area (Å²) in [6.45, 7) is 0. The van der Waals surface area contributed by atoms with Gasteiger partial charge in [0.25, 0.3) is 0 Å². The van der Waals surface area contributed by atoms with E-state index in [-0.39, 0.29) is 16.4 Å². The number of fused-ring (bicyclic) bond motifs is 1. The van der Waals surface area contributed by atoms with Gasteiger partial charge in [0.1, 0.15) is 16.8 Å². The van der Waals surface area contributed by atoms with E-state index in [2.05, 4.69) is 20.2 Å². The molecule has 10 heteroatoms. The van der Waals surface area contributed by atoms with Crippen LogP contribution in [0.3, 0.4) is 0 Å². The summed E-state index contributed by atoms with van der Waals surface area (Å²) in [5.41, 5.74) is 1.60. The van der Waals surface area contributed by atoms with Crippen LogP contribution >= 0.6 is 11.3 Å². The quantitative estimate of drug-likeness (QED) is 0.273. The molecular weight excluding hydrogens is 520 g/mol. The van der Waals surface area contributed by atoms with Crippen molar-refractivity contribution in [2.24, 2.45) is 0 Å². The monoisotopic (exact) mass is 544 g/mol. The minimum Gasteiger partial charge on any atom is -0.497 e. The number of sulfonamides is 1. The zero-order valence-electron chi connectivity index (χ0n) is 20.4. The molecule has 0 saturated heterocycles. The molecule has 0 aliphatic rings. The third-order valence-electron chi connectivity index (χ3n) is 5.91. The molecule has 0 unspecified atom stereocenters. The van der Waals surface area contributed by atoms with Gasteiger partial charge in [0.05, 0.1) is 12.0 Å². The number of anilines is 1. The Morgan fingerprint density at radius 3 is 2.47 bits per heavy atom. The molecule has 1 amide bonds. The lowest BCUT2D eigenvalue weighted by Gasteiger charge is -2.18. The van der Waals surface area contributed by atoms with E-state index in [9.17, 15) is 13.2 Å². The Kier molecular flexibility index (Phi) is 7.45. The number of carbonyl (C=O) groups is 1. The van der Waals surface area contributed by atoms with Gasteiger partial charge in [-0.25, -0.2) is 8.42 Å². The van der Waals surface area contributed by atoms with Gasteiger partial charge in [-0.15, -0.1) is 10.2 Å². The van der Waals surface area contributed by atoms with Crippen LogP contribution in [0.1, 0.15) is 5.56 Å². The number of benzene rings is 4. The number of carbonyl (C=O) groups excluding carboxylic acids is 1. The molecule has 1 aromatic heterocycles. The van der Waals surface area contributed by atoms with Gasteiger partial charge in [-0.2, -0.15) is 4.72 Å². The second-order valence-corrected chi connectivity index (χ2v) is 11.1. The first kappa shape index (κ1) is 25.5. The predicted molar refractivity (Wildman–Crippen MR) is 149 cm³/mol. The first-order valence-electron chi connectivity index (χ1n) is 11.8. The van der Waals surface area contributed by atoms with Crippen LogP contribution in [0, 0.1) is 0 Å². The second-order valence-electron chi connectivity index (χ2n) is 8.47. The highest BCUT2D eigenvalue weighted by Gasteiger charge is 2.28. The first-order valence-corrected chi connectivity index (χ1v) is 14.1. The van der Waals surface area contributed by atoms with Crippen molar-refractivity contribution in [1.82, 2.24) is 14.9 Å². The molecule has 1 atom stereocenters. The van der Waals surface area contributed by atoms with Gasteiger partial charge in [-0.3, -0.25) is 10.1 Å². The maximum atomic E-state index is 13.5. The number of nitrogens with zero attached hydrogens (tertiary/aromatic N) is 2. The Balaban J connectivity index is 1.42. The Labute approximate surface area is 224 Å². The fourth-order valence-electron chi connectivity index (χ4n) is 4.06. The van der Waals surface area contributed by atoms with Crippen LogP contribution < -0.4 is 14.8 Å². The van der Waals surface area contributed by atoms with Gasteiger partial charge in [0, 0.05) is 10.9 Å². The SMILES string of the molecule is COc1cccc(-c2nnc(NC(=O)[C@H](Cc3ccccc3)NS(=O)(=O)c3cccc4ccccc34)s2)c1. The van der Waals surface area contributed by atoms with E-state index < -0.39 is 22.0 Å². The third kappa shape index (κ3) is 5.72. The molecule has 0 spiro atoms. The molecule has 4 aromatic carbocycles. The van der Waals surface area contributed by atoms with E-state index in [1.165, 1.54) is 17.4 Å². The zero-order valence-corrected chi connectivity index (χ0v) is 22.0. The molecule has 2 N–H and O–H groups in total. The maximum Gasteiger partial charge on any atom is 0.244 e. The van der Waals surface area contributed by atoms with Crippen molar-refractivity contribution in [2.45, 2.75) is 17.4 Å². The van der Waals surface area contributed by atoms with E-state index in [1.54, 1.807) is 25.3 Å². The normalized spacial score (nSPS) is 12.2. The third-order valence-corrected chi connectivity index (χ3v) is 8.33. The Morgan fingerprint density at radius 2 is 1.66 bits per heavy atom. The molecular formula is C28H24N4O4S2. The van der Waals surface area contributed by atoms with Crippen LogP contribution in [0.4, 0.5) is 5.13 Å². The van der Waals surface area contributed by atoms with Crippen molar-refractivity contribution in [2.75, 3.05) is 12.4 Å². The highest BCUT2D eigenvalue weighted by atomic mass is 32.2. The number of ether oxygens (including phenoxy) is 1. The first-order chi connectivity index (χ1) is 18.4. The van der Waals surface area contributed by atoms with Crippen LogP contribution in [0.5, 0.6) is 5.75 Å². The fraction of sp³-hybridized carbons (Fsp3) is 0.107. The molecule has 0 fully saturated rings. The number of hydrogen-bond acceptors (Lipinski definition) is 7. The standard InChI is InChI=1S/C28H24N4O4S2/c1-36-22-14-7-13-21(18-22)27-30-31-28(37-27)29-26(33)24(17-19-9-3-2-4-10-19)32-38(34,35)25-16-8-12-20-11-5-6-15-23(20)25/h2-16,18,24,32H,17H2,1H3,(H,29,31,33)/t24-/m0/s1. The summed E-state index contributed by atoms with van der Waals surface area (Å²) in [6, 6.07) is 27.8.